The summed E-state index contributed by atoms with van der Waals surface area (Å²) in [7, 11) is 0. The average Bonchev–Trinajstić information content (AvgIpc) is 2.68. The van der Waals surface area contributed by atoms with Crippen LogP contribution in [0.25, 0.3) is 0 Å². The van der Waals surface area contributed by atoms with E-state index in [-0.39, 0.29) is 24.2 Å². The topological polar surface area (TPSA) is 58.2 Å². The summed E-state index contributed by atoms with van der Waals surface area (Å²) in [5.74, 6) is -0.561. The Kier molecular flexibility index (Phi) is 3.10. The molecule has 1 atom stereocenters. The third-order valence-corrected chi connectivity index (χ3v) is 2.81. The van der Waals surface area contributed by atoms with E-state index in [1.807, 2.05) is 0 Å². The normalized spacial score (nSPS) is 19.3. The largest absolute Gasteiger partial charge is 0.355 e. The summed E-state index contributed by atoms with van der Waals surface area (Å²) in [4.78, 5) is 22.7. The van der Waals surface area contributed by atoms with Crippen LogP contribution in [0.1, 0.15) is 6.42 Å². The molecule has 5 heteroatoms. The van der Waals surface area contributed by atoms with Crippen LogP contribution in [-0.2, 0) is 9.59 Å². The van der Waals surface area contributed by atoms with Gasteiger partial charge >= 0.3 is 0 Å². The first-order valence-corrected chi connectivity index (χ1v) is 5.36. The highest BCUT2D eigenvalue weighted by Gasteiger charge is 2.28. The first-order chi connectivity index (χ1) is 7.66. The van der Waals surface area contributed by atoms with Crippen molar-refractivity contribution in [3.05, 3.63) is 29.3 Å². The summed E-state index contributed by atoms with van der Waals surface area (Å²) in [6.45, 7) is 0.398. The summed E-state index contributed by atoms with van der Waals surface area (Å²) in [6, 6.07) is 7.01. The molecule has 1 aliphatic heterocycles. The number of hydrogen-bond acceptors (Lipinski definition) is 2. The number of rotatable bonds is 2. The van der Waals surface area contributed by atoms with Crippen molar-refractivity contribution in [2.75, 3.05) is 11.9 Å². The fourth-order valence-corrected chi connectivity index (χ4v) is 1.77. The number of carbonyl (C=O) groups excluding carboxylic acids is 2. The van der Waals surface area contributed by atoms with E-state index in [4.69, 9.17) is 11.6 Å². The first-order valence-electron chi connectivity index (χ1n) is 4.99. The van der Waals surface area contributed by atoms with Gasteiger partial charge in [0, 0.05) is 13.0 Å². The molecule has 1 aromatic carbocycles. The molecule has 1 unspecified atom stereocenters. The van der Waals surface area contributed by atoms with Gasteiger partial charge in [-0.05, 0) is 12.1 Å². The van der Waals surface area contributed by atoms with Crippen LogP contribution in [0, 0.1) is 5.92 Å². The third-order valence-electron chi connectivity index (χ3n) is 2.48. The molecule has 16 heavy (non-hydrogen) atoms. The monoisotopic (exact) mass is 238 g/mol. The molecule has 1 aliphatic rings. The minimum atomic E-state index is -0.302. The predicted octanol–water partition coefficient (Wildman–Crippen LogP) is 1.41. The van der Waals surface area contributed by atoms with Crippen molar-refractivity contribution in [3.63, 3.8) is 0 Å². The molecule has 2 rings (SSSR count). The molecule has 0 aliphatic carbocycles. The Morgan fingerprint density at radius 2 is 2.19 bits per heavy atom. The third kappa shape index (κ3) is 2.33. The molecule has 1 aromatic rings. The fourth-order valence-electron chi connectivity index (χ4n) is 1.59. The Morgan fingerprint density at radius 3 is 2.81 bits per heavy atom. The average molecular weight is 239 g/mol. The Morgan fingerprint density at radius 1 is 1.44 bits per heavy atom. The fraction of sp³-hybridized carbons (Fsp3) is 0.273. The van der Waals surface area contributed by atoms with Crippen molar-refractivity contribution in [2.45, 2.75) is 6.42 Å². The molecule has 1 saturated heterocycles. The van der Waals surface area contributed by atoms with Crippen molar-refractivity contribution < 1.29 is 9.59 Å². The lowest BCUT2D eigenvalue weighted by atomic mass is 10.1. The van der Waals surface area contributed by atoms with Crippen molar-refractivity contribution in [2.24, 2.45) is 5.92 Å². The maximum absolute atomic E-state index is 11.8. The zero-order valence-corrected chi connectivity index (χ0v) is 9.25. The van der Waals surface area contributed by atoms with Crippen molar-refractivity contribution in [1.82, 2.24) is 5.32 Å². The molecule has 1 fully saturated rings. The molecule has 0 bridgehead atoms. The van der Waals surface area contributed by atoms with Gasteiger partial charge in [-0.2, -0.15) is 0 Å². The summed E-state index contributed by atoms with van der Waals surface area (Å²) >= 11 is 5.91. The minimum Gasteiger partial charge on any atom is -0.355 e. The number of halogens is 1. The van der Waals surface area contributed by atoms with E-state index in [1.165, 1.54) is 0 Å². The van der Waals surface area contributed by atoms with Crippen LogP contribution in [0.3, 0.4) is 0 Å². The first kappa shape index (κ1) is 11.0. The van der Waals surface area contributed by atoms with Gasteiger partial charge in [0.25, 0.3) is 0 Å². The Balaban J connectivity index is 2.03. The van der Waals surface area contributed by atoms with Crippen LogP contribution >= 0.6 is 11.6 Å². The molecular weight excluding hydrogens is 228 g/mol. The van der Waals surface area contributed by atoms with E-state index < -0.39 is 0 Å². The number of carbonyl (C=O) groups is 2. The molecule has 0 aromatic heterocycles. The van der Waals surface area contributed by atoms with Crippen LogP contribution in [0.5, 0.6) is 0 Å². The molecule has 0 saturated carbocycles. The lowest BCUT2D eigenvalue weighted by Gasteiger charge is -2.10. The standard InChI is InChI=1S/C11H11ClN2O2/c12-8-3-1-2-4-9(8)14-11(16)7-5-10(15)13-6-7/h1-4,7H,5-6H2,(H,13,15)(H,14,16). The quantitative estimate of drug-likeness (QED) is 0.819. The number of anilines is 1. The lowest BCUT2D eigenvalue weighted by molar-refractivity contribution is -0.123. The Hall–Kier alpha value is -1.55. The molecule has 1 heterocycles. The van der Waals surface area contributed by atoms with Gasteiger partial charge in [-0.25, -0.2) is 0 Å². The second-order valence-electron chi connectivity index (χ2n) is 3.67. The summed E-state index contributed by atoms with van der Waals surface area (Å²) < 4.78 is 0. The van der Waals surface area contributed by atoms with E-state index in [0.29, 0.717) is 17.3 Å². The zero-order chi connectivity index (χ0) is 11.5. The Bertz CT molecular complexity index is 434. The van der Waals surface area contributed by atoms with E-state index >= 15 is 0 Å². The van der Waals surface area contributed by atoms with Gasteiger partial charge in [-0.15, -0.1) is 0 Å². The van der Waals surface area contributed by atoms with Crippen molar-refractivity contribution in [1.29, 1.82) is 0 Å². The second-order valence-corrected chi connectivity index (χ2v) is 4.08. The molecule has 0 spiro atoms. The number of nitrogens with one attached hydrogen (secondary N) is 2. The van der Waals surface area contributed by atoms with Gasteiger partial charge in [0.15, 0.2) is 0 Å². The molecule has 84 valence electrons. The highest BCUT2D eigenvalue weighted by molar-refractivity contribution is 6.33. The predicted molar refractivity (Wildman–Crippen MR) is 61.2 cm³/mol. The van der Waals surface area contributed by atoms with Gasteiger partial charge in [-0.1, -0.05) is 23.7 Å². The highest BCUT2D eigenvalue weighted by atomic mass is 35.5. The van der Waals surface area contributed by atoms with Crippen LogP contribution in [0.15, 0.2) is 24.3 Å². The number of para-hydroxylation sites is 1. The van der Waals surface area contributed by atoms with Gasteiger partial charge < -0.3 is 10.6 Å². The maximum Gasteiger partial charge on any atom is 0.229 e. The molecule has 0 radical (unpaired) electrons. The van der Waals surface area contributed by atoms with Crippen LogP contribution in [0.2, 0.25) is 5.02 Å². The lowest BCUT2D eigenvalue weighted by Crippen LogP contribution is -2.24. The molecule has 2 N–H and O–H groups in total. The van der Waals surface area contributed by atoms with Gasteiger partial charge in [0.05, 0.1) is 16.6 Å². The van der Waals surface area contributed by atoms with Gasteiger partial charge in [0.1, 0.15) is 0 Å². The second kappa shape index (κ2) is 4.53. The smallest absolute Gasteiger partial charge is 0.229 e. The number of amides is 2. The summed E-state index contributed by atoms with van der Waals surface area (Å²) in [5, 5.41) is 5.82. The molecular formula is C11H11ClN2O2. The summed E-state index contributed by atoms with van der Waals surface area (Å²) in [5.41, 5.74) is 0.577. The Labute approximate surface area is 98.0 Å². The van der Waals surface area contributed by atoms with Gasteiger partial charge in [0.2, 0.25) is 11.8 Å². The van der Waals surface area contributed by atoms with Crippen LogP contribution in [-0.4, -0.2) is 18.4 Å². The summed E-state index contributed by atoms with van der Waals surface area (Å²) in [6.07, 6.45) is 0.246. The van der Waals surface area contributed by atoms with Gasteiger partial charge in [-0.3, -0.25) is 9.59 Å². The van der Waals surface area contributed by atoms with Crippen LogP contribution in [0.4, 0.5) is 5.69 Å². The number of hydrogen-bond donors (Lipinski definition) is 2. The molecule has 2 amide bonds. The van der Waals surface area contributed by atoms with E-state index in [1.54, 1.807) is 24.3 Å². The number of benzene rings is 1. The SMILES string of the molecule is O=C1CC(C(=O)Nc2ccccc2Cl)CN1. The van der Waals surface area contributed by atoms with E-state index in [9.17, 15) is 9.59 Å². The van der Waals surface area contributed by atoms with E-state index in [0.717, 1.165) is 0 Å². The van der Waals surface area contributed by atoms with Crippen molar-refractivity contribution in [3.8, 4) is 0 Å². The minimum absolute atomic E-state index is 0.0840. The maximum atomic E-state index is 11.8. The van der Waals surface area contributed by atoms with E-state index in [2.05, 4.69) is 10.6 Å². The molecule has 4 nitrogen and oxygen atoms in total. The highest BCUT2D eigenvalue weighted by Crippen LogP contribution is 2.22. The zero-order valence-electron chi connectivity index (χ0n) is 8.50. The van der Waals surface area contributed by atoms with Crippen LogP contribution < -0.4 is 10.6 Å². The van der Waals surface area contributed by atoms with Crippen molar-refractivity contribution >= 4 is 29.1 Å².